The van der Waals surface area contributed by atoms with Crippen molar-refractivity contribution in [2.45, 2.75) is 98.4 Å². The van der Waals surface area contributed by atoms with E-state index in [1.54, 1.807) is 0 Å². The van der Waals surface area contributed by atoms with Crippen LogP contribution in [0.4, 0.5) is 13.2 Å². The lowest BCUT2D eigenvalue weighted by Gasteiger charge is -2.45. The lowest BCUT2D eigenvalue weighted by atomic mass is 9.79. The number of ether oxygens (including phenoxy) is 1. The van der Waals surface area contributed by atoms with Crippen LogP contribution < -0.4 is 0 Å². The molecule has 2 aromatic heterocycles. The Morgan fingerprint density at radius 3 is 2.43 bits per heavy atom. The van der Waals surface area contributed by atoms with Gasteiger partial charge in [0.25, 0.3) is 0 Å². The molecule has 6 rings (SSSR count). The van der Waals surface area contributed by atoms with Crippen LogP contribution in [0.5, 0.6) is 0 Å². The molecule has 228 valence electrons. The van der Waals surface area contributed by atoms with E-state index in [-0.39, 0.29) is 17.2 Å². The summed E-state index contributed by atoms with van der Waals surface area (Å²) in [5.41, 5.74) is -0.853. The Labute approximate surface area is 243 Å². The highest BCUT2D eigenvalue weighted by molar-refractivity contribution is 8.00. The van der Waals surface area contributed by atoms with Crippen molar-refractivity contribution in [3.05, 3.63) is 52.8 Å². The van der Waals surface area contributed by atoms with Gasteiger partial charge in [-0.3, -0.25) is 0 Å². The summed E-state index contributed by atoms with van der Waals surface area (Å²) in [5.74, 6) is -3.48. The van der Waals surface area contributed by atoms with E-state index in [1.807, 2.05) is 6.92 Å². The Bertz CT molecular complexity index is 1410. The van der Waals surface area contributed by atoms with Crippen molar-refractivity contribution in [3.63, 3.8) is 0 Å². The zero-order chi connectivity index (χ0) is 29.8. The topological polar surface area (TPSA) is 147 Å². The Balaban J connectivity index is 1.34. The van der Waals surface area contributed by atoms with Gasteiger partial charge in [0.1, 0.15) is 41.2 Å². The van der Waals surface area contributed by atoms with Crippen LogP contribution in [0, 0.1) is 24.4 Å². The second-order valence-electron chi connectivity index (χ2n) is 11.5. The molecule has 1 aromatic carbocycles. The number of benzene rings is 1. The fourth-order valence-electron chi connectivity index (χ4n) is 6.13. The Hall–Kier alpha value is -2.49. The normalized spacial score (nSPS) is 28.6. The molecule has 6 atom stereocenters. The van der Waals surface area contributed by atoms with Gasteiger partial charge in [-0.25, -0.2) is 17.9 Å². The van der Waals surface area contributed by atoms with Crippen molar-refractivity contribution in [1.82, 2.24) is 20.2 Å². The zero-order valence-corrected chi connectivity index (χ0v) is 23.7. The minimum atomic E-state index is -1.62. The van der Waals surface area contributed by atoms with Crippen molar-refractivity contribution in [3.8, 4) is 11.3 Å². The molecule has 4 N–H and O–H groups in total. The number of halogens is 3. The molecular weight excluding hydrogens is 577 g/mol. The highest BCUT2D eigenvalue weighted by Crippen LogP contribution is 2.55. The first kappa shape index (κ1) is 29.6. The molecule has 3 aliphatic rings. The summed E-state index contributed by atoms with van der Waals surface area (Å²) in [6.45, 7) is 1.25. The second kappa shape index (κ2) is 11.5. The van der Waals surface area contributed by atoms with Gasteiger partial charge in [-0.15, -0.1) is 16.9 Å². The first-order valence-corrected chi connectivity index (χ1v) is 15.1. The Kier molecular flexibility index (Phi) is 8.13. The molecule has 0 radical (unpaired) electrons. The Morgan fingerprint density at radius 1 is 1.10 bits per heavy atom. The van der Waals surface area contributed by atoms with Gasteiger partial charge >= 0.3 is 0 Å². The van der Waals surface area contributed by atoms with E-state index >= 15 is 0 Å². The van der Waals surface area contributed by atoms with E-state index in [1.165, 1.54) is 18.0 Å². The molecule has 1 unspecified atom stereocenters. The molecule has 1 saturated heterocycles. The van der Waals surface area contributed by atoms with Crippen LogP contribution in [-0.4, -0.2) is 76.5 Å². The van der Waals surface area contributed by atoms with Crippen molar-refractivity contribution >= 4 is 11.8 Å². The molecule has 3 heterocycles. The maximum Gasteiger partial charge on any atom is 0.194 e. The van der Waals surface area contributed by atoms with E-state index < -0.39 is 64.7 Å². The largest absolute Gasteiger partial charge is 0.394 e. The summed E-state index contributed by atoms with van der Waals surface area (Å²) in [6.07, 6.45) is 2.94. The summed E-state index contributed by atoms with van der Waals surface area (Å²) in [4.78, 5) is 0. The summed E-state index contributed by atoms with van der Waals surface area (Å²) >= 11 is 1.19. The second-order valence-corrected chi connectivity index (χ2v) is 12.7. The van der Waals surface area contributed by atoms with Crippen LogP contribution in [0.25, 0.3) is 11.3 Å². The van der Waals surface area contributed by atoms with Gasteiger partial charge in [-0.1, -0.05) is 29.6 Å². The minimum absolute atomic E-state index is 0.0213. The fraction of sp³-hybridized carbons (Fsp3) is 0.607. The third kappa shape index (κ3) is 5.37. The van der Waals surface area contributed by atoms with E-state index in [2.05, 4.69) is 15.5 Å². The zero-order valence-electron chi connectivity index (χ0n) is 22.9. The number of aliphatic hydroxyl groups excluding tert-OH is 3. The van der Waals surface area contributed by atoms with Gasteiger partial charge in [0.15, 0.2) is 17.5 Å². The maximum absolute atomic E-state index is 13.9. The van der Waals surface area contributed by atoms with Crippen LogP contribution in [0.15, 0.2) is 22.9 Å². The summed E-state index contributed by atoms with van der Waals surface area (Å²) in [6, 6.07) is 0.359. The first-order valence-electron chi connectivity index (χ1n) is 14.1. The number of aryl methyl sites for hydroxylation is 1. The maximum atomic E-state index is 13.9. The third-order valence-electron chi connectivity index (χ3n) is 8.57. The molecule has 1 aliphatic heterocycles. The van der Waals surface area contributed by atoms with Gasteiger partial charge in [0, 0.05) is 17.0 Å². The van der Waals surface area contributed by atoms with Gasteiger partial charge in [-0.05, 0) is 44.7 Å². The van der Waals surface area contributed by atoms with Crippen LogP contribution in [0.3, 0.4) is 0 Å². The molecule has 0 spiro atoms. The monoisotopic (exact) mass is 610 g/mol. The lowest BCUT2D eigenvalue weighted by molar-refractivity contribution is -0.179. The number of thioether (sulfide) groups is 1. The average molecular weight is 611 g/mol. The highest BCUT2D eigenvalue weighted by Gasteiger charge is 2.51. The molecule has 0 bridgehead atoms. The highest BCUT2D eigenvalue weighted by atomic mass is 32.2. The third-order valence-corrected chi connectivity index (χ3v) is 10.2. The van der Waals surface area contributed by atoms with Crippen molar-refractivity contribution < 1.29 is 42.9 Å². The van der Waals surface area contributed by atoms with E-state index in [0.29, 0.717) is 18.5 Å². The standard InChI is InChI=1S/C28H33F3N4O6S/c1-13-20(25(41-33-13)14-5-6-14)26(28(39)7-3-2-4-8-28)42-27-24(38)22(23(37)19(12-36)40-27)35-11-18(32-34-35)15-9-16(29)21(31)17(30)10-15/h9-11,14,19,22-24,26-27,36-39H,2-8,12H2,1H3/t19-,22+,23+,24-,26?,27+/m1/s1. The molecule has 0 amide bonds. The number of aliphatic hydroxyl groups is 4. The smallest absolute Gasteiger partial charge is 0.194 e. The Morgan fingerprint density at radius 2 is 1.79 bits per heavy atom. The average Bonchev–Trinajstić information content (AvgIpc) is 3.58. The van der Waals surface area contributed by atoms with Crippen LogP contribution >= 0.6 is 11.8 Å². The van der Waals surface area contributed by atoms with Crippen molar-refractivity contribution in [2.24, 2.45) is 0 Å². The summed E-state index contributed by atoms with van der Waals surface area (Å²) in [5, 5.41) is 56.3. The van der Waals surface area contributed by atoms with Crippen LogP contribution in [0.1, 0.15) is 79.2 Å². The van der Waals surface area contributed by atoms with Crippen molar-refractivity contribution in [1.29, 1.82) is 0 Å². The summed E-state index contributed by atoms with van der Waals surface area (Å²) < 4.78 is 54.1. The molecule has 10 nitrogen and oxygen atoms in total. The molecule has 42 heavy (non-hydrogen) atoms. The SMILES string of the molecule is Cc1noc(C2CC2)c1C(S[C@@H]1O[C@H](CO)[C@H](O)[C@H](n2cc(-c3cc(F)c(F)c(F)c3)nn2)[C@H]1O)C1(O)CCCCC1. The fourth-order valence-corrected chi connectivity index (χ4v) is 7.84. The minimum Gasteiger partial charge on any atom is -0.394 e. The van der Waals surface area contributed by atoms with Gasteiger partial charge in [0.05, 0.1) is 29.3 Å². The molecule has 2 aliphatic carbocycles. The summed E-state index contributed by atoms with van der Waals surface area (Å²) in [7, 11) is 0. The molecule has 3 fully saturated rings. The van der Waals surface area contributed by atoms with E-state index in [0.717, 1.165) is 60.2 Å². The van der Waals surface area contributed by atoms with Gasteiger partial charge in [-0.2, -0.15) is 0 Å². The first-order chi connectivity index (χ1) is 20.1. The van der Waals surface area contributed by atoms with E-state index in [4.69, 9.17) is 9.26 Å². The number of hydrogen-bond donors (Lipinski definition) is 4. The number of rotatable bonds is 8. The van der Waals surface area contributed by atoms with Crippen molar-refractivity contribution in [2.75, 3.05) is 6.61 Å². The van der Waals surface area contributed by atoms with Gasteiger partial charge in [0.2, 0.25) is 0 Å². The number of aromatic nitrogens is 4. The number of nitrogens with zero attached hydrogens (tertiary/aromatic N) is 4. The van der Waals surface area contributed by atoms with Gasteiger partial charge < -0.3 is 29.7 Å². The molecular formula is C28H33F3N4O6S. The van der Waals surface area contributed by atoms with Crippen LogP contribution in [0.2, 0.25) is 0 Å². The lowest BCUT2D eigenvalue weighted by Crippen LogP contribution is -2.55. The quantitative estimate of drug-likeness (QED) is 0.279. The van der Waals surface area contributed by atoms with E-state index in [9.17, 15) is 33.6 Å². The molecule has 2 saturated carbocycles. The van der Waals surface area contributed by atoms with Crippen LogP contribution in [-0.2, 0) is 4.74 Å². The predicted molar refractivity (Wildman–Crippen MR) is 144 cm³/mol. The molecule has 3 aromatic rings. The number of hydrogen-bond acceptors (Lipinski definition) is 10. The molecule has 14 heteroatoms. The predicted octanol–water partition coefficient (Wildman–Crippen LogP) is 3.69.